The van der Waals surface area contributed by atoms with Gasteiger partial charge in [0.15, 0.2) is 0 Å². The van der Waals surface area contributed by atoms with E-state index in [1.54, 1.807) is 12.1 Å². The number of benzene rings is 1. The lowest BCUT2D eigenvalue weighted by Crippen LogP contribution is -2.52. The van der Waals surface area contributed by atoms with Crippen LogP contribution in [0.4, 0.5) is 9.18 Å². The maximum Gasteiger partial charge on any atom is 0.315 e. The van der Waals surface area contributed by atoms with E-state index in [2.05, 4.69) is 16.0 Å². The van der Waals surface area contributed by atoms with E-state index in [0.29, 0.717) is 6.42 Å². The predicted octanol–water partition coefficient (Wildman–Crippen LogP) is 2.60. The zero-order chi connectivity index (χ0) is 18.9. The van der Waals surface area contributed by atoms with Crippen molar-refractivity contribution in [1.82, 2.24) is 16.0 Å². The zero-order valence-corrected chi connectivity index (χ0v) is 16.5. The summed E-state index contributed by atoms with van der Waals surface area (Å²) >= 11 is 0. The molecule has 6 nitrogen and oxygen atoms in total. The molecule has 1 saturated carbocycles. The van der Waals surface area contributed by atoms with Crippen LogP contribution in [-0.4, -0.2) is 30.1 Å². The third-order valence-electron chi connectivity index (χ3n) is 4.68. The number of hydrogen-bond donors (Lipinski definition) is 4. The molecular formula is C19H30ClFN4O2. The van der Waals surface area contributed by atoms with Gasteiger partial charge in [-0.1, -0.05) is 25.5 Å². The number of urea groups is 1. The van der Waals surface area contributed by atoms with Gasteiger partial charge in [0.1, 0.15) is 11.9 Å². The Morgan fingerprint density at radius 2 is 1.81 bits per heavy atom. The van der Waals surface area contributed by atoms with Crippen molar-refractivity contribution in [2.75, 3.05) is 0 Å². The highest BCUT2D eigenvalue weighted by atomic mass is 35.5. The van der Waals surface area contributed by atoms with Crippen LogP contribution in [0.1, 0.15) is 51.0 Å². The van der Waals surface area contributed by atoms with Crippen LogP contribution in [0.3, 0.4) is 0 Å². The molecule has 2 rings (SSSR count). The molecule has 0 radical (unpaired) electrons. The summed E-state index contributed by atoms with van der Waals surface area (Å²) in [5.41, 5.74) is 6.68. The van der Waals surface area contributed by atoms with Gasteiger partial charge in [-0.3, -0.25) is 4.79 Å². The van der Waals surface area contributed by atoms with Crippen molar-refractivity contribution in [1.29, 1.82) is 0 Å². The van der Waals surface area contributed by atoms with E-state index in [4.69, 9.17) is 5.73 Å². The summed E-state index contributed by atoms with van der Waals surface area (Å²) in [5.74, 6) is -0.467. The Bertz CT molecular complexity index is 592. The van der Waals surface area contributed by atoms with E-state index in [0.717, 1.165) is 37.7 Å². The second-order valence-corrected chi connectivity index (χ2v) is 6.92. The molecule has 1 fully saturated rings. The fourth-order valence-corrected chi connectivity index (χ4v) is 3.12. The van der Waals surface area contributed by atoms with Crippen molar-refractivity contribution < 1.29 is 14.0 Å². The van der Waals surface area contributed by atoms with Gasteiger partial charge in [0, 0.05) is 18.6 Å². The molecule has 1 aromatic rings. The summed E-state index contributed by atoms with van der Waals surface area (Å²) in [4.78, 5) is 24.6. The highest BCUT2D eigenvalue weighted by molar-refractivity contribution is 5.87. The summed E-state index contributed by atoms with van der Waals surface area (Å²) in [6, 6.07) is 5.30. The van der Waals surface area contributed by atoms with Gasteiger partial charge in [-0.25, -0.2) is 9.18 Å². The Morgan fingerprint density at radius 1 is 1.19 bits per heavy atom. The zero-order valence-electron chi connectivity index (χ0n) is 15.7. The molecule has 5 N–H and O–H groups in total. The average molecular weight is 401 g/mol. The first kappa shape index (κ1) is 23.2. The molecule has 0 aromatic heterocycles. The van der Waals surface area contributed by atoms with Gasteiger partial charge >= 0.3 is 6.03 Å². The number of halogens is 2. The molecule has 1 aliphatic rings. The van der Waals surface area contributed by atoms with Crippen molar-refractivity contribution in [3.8, 4) is 0 Å². The fraction of sp³-hybridized carbons (Fsp3) is 0.579. The lowest BCUT2D eigenvalue weighted by atomic mass is 9.91. The average Bonchev–Trinajstić information content (AvgIpc) is 2.63. The molecule has 1 aliphatic carbocycles. The van der Waals surface area contributed by atoms with Crippen LogP contribution in [0, 0.1) is 5.82 Å². The molecule has 8 heteroatoms. The van der Waals surface area contributed by atoms with E-state index in [9.17, 15) is 14.0 Å². The largest absolute Gasteiger partial charge is 0.352 e. The lowest BCUT2D eigenvalue weighted by molar-refractivity contribution is -0.124. The van der Waals surface area contributed by atoms with Gasteiger partial charge in [0.05, 0.1) is 0 Å². The minimum absolute atomic E-state index is 0. The summed E-state index contributed by atoms with van der Waals surface area (Å²) in [6.45, 7) is 2.24. The van der Waals surface area contributed by atoms with Crippen LogP contribution in [0.25, 0.3) is 0 Å². The Labute approximate surface area is 166 Å². The summed E-state index contributed by atoms with van der Waals surface area (Å²) in [7, 11) is 0. The first-order chi connectivity index (χ1) is 12.5. The molecule has 0 aliphatic heterocycles. The fourth-order valence-electron chi connectivity index (χ4n) is 3.12. The normalized spacial score (nSPS) is 20.1. The molecule has 3 amide bonds. The summed E-state index contributed by atoms with van der Waals surface area (Å²) < 4.78 is 12.9. The van der Waals surface area contributed by atoms with Gasteiger partial charge < -0.3 is 21.7 Å². The second-order valence-electron chi connectivity index (χ2n) is 6.92. The predicted molar refractivity (Wildman–Crippen MR) is 106 cm³/mol. The molecule has 1 unspecified atom stereocenters. The Balaban J connectivity index is 0.00000364. The van der Waals surface area contributed by atoms with Crippen LogP contribution in [0.15, 0.2) is 24.3 Å². The number of rotatable bonds is 7. The topological polar surface area (TPSA) is 96.2 Å². The number of amides is 3. The highest BCUT2D eigenvalue weighted by Gasteiger charge is 2.25. The van der Waals surface area contributed by atoms with Crippen LogP contribution in [0.5, 0.6) is 0 Å². The second kappa shape index (κ2) is 11.8. The highest BCUT2D eigenvalue weighted by Crippen LogP contribution is 2.17. The van der Waals surface area contributed by atoms with Crippen molar-refractivity contribution in [3.05, 3.63) is 35.6 Å². The molecule has 0 heterocycles. The van der Waals surface area contributed by atoms with Crippen molar-refractivity contribution >= 4 is 24.3 Å². The molecule has 0 bridgehead atoms. The van der Waals surface area contributed by atoms with Gasteiger partial charge in [0.2, 0.25) is 5.91 Å². The maximum atomic E-state index is 12.9. The minimum atomic E-state index is -0.566. The molecule has 0 saturated heterocycles. The van der Waals surface area contributed by atoms with Crippen molar-refractivity contribution in [3.63, 3.8) is 0 Å². The van der Waals surface area contributed by atoms with E-state index >= 15 is 0 Å². The van der Waals surface area contributed by atoms with Crippen LogP contribution < -0.4 is 21.7 Å². The summed E-state index contributed by atoms with van der Waals surface area (Å²) in [6.07, 6.45) is 4.93. The lowest BCUT2D eigenvalue weighted by Gasteiger charge is -2.28. The number of nitrogens with two attached hydrogens (primary N) is 1. The summed E-state index contributed by atoms with van der Waals surface area (Å²) in [5, 5.41) is 8.47. The third kappa shape index (κ3) is 8.13. The first-order valence-corrected chi connectivity index (χ1v) is 9.32. The number of nitrogens with one attached hydrogen (secondary N) is 3. The van der Waals surface area contributed by atoms with Gasteiger partial charge in [0.25, 0.3) is 0 Å². The van der Waals surface area contributed by atoms with Crippen LogP contribution in [-0.2, 0) is 11.3 Å². The third-order valence-corrected chi connectivity index (χ3v) is 4.68. The van der Waals surface area contributed by atoms with E-state index < -0.39 is 12.1 Å². The smallest absolute Gasteiger partial charge is 0.315 e. The number of hydrogen-bond acceptors (Lipinski definition) is 3. The van der Waals surface area contributed by atoms with Crippen LogP contribution in [0.2, 0.25) is 0 Å². The number of carbonyl (C=O) groups is 2. The van der Waals surface area contributed by atoms with Gasteiger partial charge in [-0.05, 0) is 49.8 Å². The first-order valence-electron chi connectivity index (χ1n) is 9.32. The Kier molecular flexibility index (Phi) is 10.1. The molecule has 0 spiro atoms. The van der Waals surface area contributed by atoms with Gasteiger partial charge in [-0.2, -0.15) is 0 Å². The van der Waals surface area contributed by atoms with Gasteiger partial charge in [-0.15, -0.1) is 12.4 Å². The molecule has 1 atom stereocenters. The Hall–Kier alpha value is -1.86. The standard InChI is InChI=1S/C19H29FN4O2.ClH/c1-2-3-17(18(25)23-16-10-8-15(21)9-11-16)24-19(26)22-12-13-4-6-14(20)7-5-13;/h4-7,15-17H,2-3,8-12,21H2,1H3,(H,23,25)(H2,22,24,26);1H. The minimum Gasteiger partial charge on any atom is -0.352 e. The van der Waals surface area contributed by atoms with Crippen molar-refractivity contribution in [2.24, 2.45) is 5.73 Å². The molecular weight excluding hydrogens is 371 g/mol. The molecule has 152 valence electrons. The molecule has 27 heavy (non-hydrogen) atoms. The van der Waals surface area contributed by atoms with Crippen molar-refractivity contribution in [2.45, 2.75) is 70.1 Å². The van der Waals surface area contributed by atoms with Crippen LogP contribution >= 0.6 is 12.4 Å². The van der Waals surface area contributed by atoms with E-state index in [-0.39, 0.29) is 42.8 Å². The quantitative estimate of drug-likeness (QED) is 0.566. The van der Waals surface area contributed by atoms with E-state index in [1.807, 2.05) is 6.92 Å². The monoisotopic (exact) mass is 400 g/mol. The molecule has 1 aromatic carbocycles. The van der Waals surface area contributed by atoms with E-state index in [1.165, 1.54) is 12.1 Å². The number of carbonyl (C=O) groups excluding carboxylic acids is 2. The SMILES string of the molecule is CCCC(NC(=O)NCc1ccc(F)cc1)C(=O)NC1CCC(N)CC1.Cl. The Morgan fingerprint density at radius 3 is 2.41 bits per heavy atom. The maximum absolute atomic E-state index is 12.9.